The second kappa shape index (κ2) is 12.6. The molecule has 9 aromatic carbocycles. The molecule has 0 saturated heterocycles. The second-order valence-electron chi connectivity index (χ2n) is 14.0. The molecule has 0 radical (unpaired) electrons. The molecule has 0 saturated carbocycles. The normalized spacial score (nSPS) is 11.6. The fourth-order valence-corrected chi connectivity index (χ4v) is 7.88. The van der Waals surface area contributed by atoms with E-state index >= 15 is 0 Å². The first kappa shape index (κ1) is 31.1. The molecule has 55 heavy (non-hydrogen) atoms. The van der Waals surface area contributed by atoms with Crippen molar-refractivity contribution in [2.75, 3.05) is 0 Å². The van der Waals surface area contributed by atoms with Crippen LogP contribution in [0.5, 0.6) is 0 Å². The Kier molecular flexibility index (Phi) is 7.14. The van der Waals surface area contributed by atoms with Crippen molar-refractivity contribution in [3.63, 3.8) is 0 Å². The highest BCUT2D eigenvalue weighted by Crippen LogP contribution is 2.42. The van der Waals surface area contributed by atoms with E-state index in [9.17, 15) is 0 Å². The SMILES string of the molecule is c1ccc(-c2nc(-c3ccc4ccccc4c3)nc(-c3ccc4oc5c(-c6ccc(-c7ccc8ccccc8c7)cc6)c6ccccc6cc5c4c3)n2)cc1. The largest absolute Gasteiger partial charge is 0.455 e. The van der Waals surface area contributed by atoms with Crippen LogP contribution in [0.4, 0.5) is 0 Å². The Morgan fingerprint density at radius 1 is 0.291 bits per heavy atom. The molecule has 2 aromatic heterocycles. The van der Waals surface area contributed by atoms with Crippen molar-refractivity contribution in [2.24, 2.45) is 0 Å². The zero-order chi connectivity index (χ0) is 36.3. The summed E-state index contributed by atoms with van der Waals surface area (Å²) in [6.45, 7) is 0. The summed E-state index contributed by atoms with van der Waals surface area (Å²) in [7, 11) is 0. The third kappa shape index (κ3) is 5.43. The van der Waals surface area contributed by atoms with Gasteiger partial charge in [0.05, 0.1) is 0 Å². The minimum absolute atomic E-state index is 0.610. The van der Waals surface area contributed by atoms with Crippen molar-refractivity contribution < 1.29 is 4.42 Å². The highest BCUT2D eigenvalue weighted by Gasteiger charge is 2.19. The first-order valence-electron chi connectivity index (χ1n) is 18.5. The van der Waals surface area contributed by atoms with Gasteiger partial charge < -0.3 is 4.42 Å². The van der Waals surface area contributed by atoms with E-state index < -0.39 is 0 Å². The van der Waals surface area contributed by atoms with Crippen LogP contribution < -0.4 is 0 Å². The van der Waals surface area contributed by atoms with Crippen LogP contribution in [-0.4, -0.2) is 15.0 Å². The van der Waals surface area contributed by atoms with Gasteiger partial charge in [0.15, 0.2) is 17.5 Å². The average molecular weight is 702 g/mol. The minimum Gasteiger partial charge on any atom is -0.455 e. The molecular formula is C51H31N3O. The number of nitrogens with zero attached hydrogens (tertiary/aromatic N) is 3. The molecule has 2 heterocycles. The van der Waals surface area contributed by atoms with Crippen LogP contribution in [0.25, 0.3) is 111 Å². The fourth-order valence-electron chi connectivity index (χ4n) is 7.88. The zero-order valence-electron chi connectivity index (χ0n) is 29.6. The van der Waals surface area contributed by atoms with Gasteiger partial charge in [-0.25, -0.2) is 15.0 Å². The van der Waals surface area contributed by atoms with Crippen LogP contribution in [0, 0.1) is 0 Å². The van der Waals surface area contributed by atoms with Crippen molar-refractivity contribution in [1.82, 2.24) is 15.0 Å². The van der Waals surface area contributed by atoms with Crippen molar-refractivity contribution in [3.05, 3.63) is 188 Å². The quantitative estimate of drug-likeness (QED) is 0.179. The van der Waals surface area contributed by atoms with Gasteiger partial charge in [0.25, 0.3) is 0 Å². The van der Waals surface area contributed by atoms with Crippen LogP contribution in [0.15, 0.2) is 192 Å². The molecule has 0 aliphatic carbocycles. The van der Waals surface area contributed by atoms with Crippen molar-refractivity contribution in [3.8, 4) is 56.4 Å². The summed E-state index contributed by atoms with van der Waals surface area (Å²) in [5.74, 6) is 1.87. The molecule has 0 N–H and O–H groups in total. The number of rotatable bonds is 5. The summed E-state index contributed by atoms with van der Waals surface area (Å²) in [5, 5.41) is 9.16. The topological polar surface area (TPSA) is 51.8 Å². The van der Waals surface area contributed by atoms with Gasteiger partial charge in [0.1, 0.15) is 11.2 Å². The summed E-state index contributed by atoms with van der Waals surface area (Å²) in [6, 6.07) is 65.9. The van der Waals surface area contributed by atoms with Crippen LogP contribution in [-0.2, 0) is 0 Å². The van der Waals surface area contributed by atoms with Gasteiger partial charge in [-0.2, -0.15) is 0 Å². The van der Waals surface area contributed by atoms with Crippen LogP contribution in [0.1, 0.15) is 0 Å². The molecule has 256 valence electrons. The summed E-state index contributed by atoms with van der Waals surface area (Å²) in [5.41, 5.74) is 9.01. The van der Waals surface area contributed by atoms with E-state index in [4.69, 9.17) is 19.4 Å². The minimum atomic E-state index is 0.610. The fraction of sp³-hybridized carbons (Fsp3) is 0. The first-order valence-corrected chi connectivity index (χ1v) is 18.5. The number of aromatic nitrogens is 3. The maximum absolute atomic E-state index is 6.77. The number of furan rings is 1. The van der Waals surface area contributed by atoms with Crippen LogP contribution in [0.2, 0.25) is 0 Å². The highest BCUT2D eigenvalue weighted by molar-refractivity contribution is 6.18. The third-order valence-corrected chi connectivity index (χ3v) is 10.7. The molecule has 11 aromatic rings. The van der Waals surface area contributed by atoms with Gasteiger partial charge in [0, 0.05) is 33.0 Å². The van der Waals surface area contributed by atoms with Gasteiger partial charge in [-0.3, -0.25) is 0 Å². The number of hydrogen-bond donors (Lipinski definition) is 0. The number of hydrogen-bond acceptors (Lipinski definition) is 4. The van der Waals surface area contributed by atoms with E-state index in [0.29, 0.717) is 17.5 Å². The van der Waals surface area contributed by atoms with Gasteiger partial charge in [-0.05, 0) is 85.4 Å². The Hall–Kier alpha value is -7.43. The van der Waals surface area contributed by atoms with Crippen LogP contribution >= 0.6 is 0 Å². The summed E-state index contributed by atoms with van der Waals surface area (Å²) in [4.78, 5) is 15.1. The average Bonchev–Trinajstić information content (AvgIpc) is 3.62. The molecule has 4 nitrogen and oxygen atoms in total. The Labute approximate surface area is 317 Å². The molecule has 11 rings (SSSR count). The Balaban J connectivity index is 1.06. The third-order valence-electron chi connectivity index (χ3n) is 10.7. The van der Waals surface area contributed by atoms with Crippen molar-refractivity contribution >= 4 is 54.3 Å². The highest BCUT2D eigenvalue weighted by atomic mass is 16.3. The molecule has 0 spiro atoms. The Morgan fingerprint density at radius 2 is 0.800 bits per heavy atom. The maximum Gasteiger partial charge on any atom is 0.164 e. The molecular weight excluding hydrogens is 671 g/mol. The van der Waals surface area contributed by atoms with Gasteiger partial charge in [-0.15, -0.1) is 0 Å². The van der Waals surface area contributed by atoms with E-state index in [1.54, 1.807) is 0 Å². The van der Waals surface area contributed by atoms with E-state index in [1.807, 2.05) is 36.4 Å². The Morgan fingerprint density at radius 3 is 1.51 bits per heavy atom. The predicted octanol–water partition coefficient (Wildman–Crippen LogP) is 13.6. The number of benzene rings is 9. The van der Waals surface area contributed by atoms with Gasteiger partial charge in [0.2, 0.25) is 0 Å². The second-order valence-corrected chi connectivity index (χ2v) is 14.0. The molecule has 0 amide bonds. The monoisotopic (exact) mass is 701 g/mol. The maximum atomic E-state index is 6.77. The molecule has 0 fully saturated rings. The lowest BCUT2D eigenvalue weighted by Crippen LogP contribution is -2.00. The zero-order valence-corrected chi connectivity index (χ0v) is 29.6. The van der Waals surface area contributed by atoms with E-state index in [0.717, 1.165) is 65.9 Å². The lowest BCUT2D eigenvalue weighted by Gasteiger charge is -2.10. The lowest BCUT2D eigenvalue weighted by atomic mass is 9.93. The molecule has 0 bridgehead atoms. The smallest absolute Gasteiger partial charge is 0.164 e. The molecule has 0 aliphatic heterocycles. The Bertz CT molecular complexity index is 3260. The van der Waals surface area contributed by atoms with E-state index in [2.05, 4.69) is 152 Å². The van der Waals surface area contributed by atoms with Crippen molar-refractivity contribution in [1.29, 1.82) is 0 Å². The molecule has 0 aliphatic rings. The van der Waals surface area contributed by atoms with Crippen LogP contribution in [0.3, 0.4) is 0 Å². The standard InChI is InChI=1S/C51H31N3O/c1-2-12-36(13-3-1)49-52-50(41-25-21-33-11-5-7-15-38(33)29-41)54-51(53-49)42-26-27-46-44(31-42)45-30-40-16-8-9-17-43(40)47(48(45)55-46)35-22-18-34(19-23-35)39-24-20-32-10-4-6-14-37(32)28-39/h1-31H. The molecule has 4 heteroatoms. The summed E-state index contributed by atoms with van der Waals surface area (Å²) >= 11 is 0. The van der Waals surface area contributed by atoms with Gasteiger partial charge in [-0.1, -0.05) is 152 Å². The van der Waals surface area contributed by atoms with E-state index in [-0.39, 0.29) is 0 Å². The molecule has 0 unspecified atom stereocenters. The predicted molar refractivity (Wildman–Crippen MR) is 227 cm³/mol. The summed E-state index contributed by atoms with van der Waals surface area (Å²) in [6.07, 6.45) is 0. The molecule has 0 atom stereocenters. The first-order chi connectivity index (χ1) is 27.2. The van der Waals surface area contributed by atoms with Gasteiger partial charge >= 0.3 is 0 Å². The summed E-state index contributed by atoms with van der Waals surface area (Å²) < 4.78 is 6.77. The number of fused-ring (bicyclic) bond motifs is 6. The van der Waals surface area contributed by atoms with Crippen molar-refractivity contribution in [2.45, 2.75) is 0 Å². The lowest BCUT2D eigenvalue weighted by molar-refractivity contribution is 0.670. The van der Waals surface area contributed by atoms with E-state index in [1.165, 1.54) is 27.3 Å².